The van der Waals surface area contributed by atoms with Crippen LogP contribution in [-0.2, 0) is 0 Å². The van der Waals surface area contributed by atoms with E-state index in [1.54, 1.807) is 0 Å². The van der Waals surface area contributed by atoms with Crippen LogP contribution in [0.1, 0.15) is 41.0 Å². The average Bonchev–Trinajstić information content (AvgIpc) is 2.71. The van der Waals surface area contributed by atoms with Gasteiger partial charge in [-0.2, -0.15) is 0 Å². The molecule has 0 fully saturated rings. The van der Waals surface area contributed by atoms with E-state index in [2.05, 4.69) is 70.8 Å². The third kappa shape index (κ3) is 4.40. The van der Waals surface area contributed by atoms with E-state index in [0.29, 0.717) is 0 Å². The molecule has 98 valence electrons. The van der Waals surface area contributed by atoms with Crippen LogP contribution in [0.15, 0.2) is 59.5 Å². The van der Waals surface area contributed by atoms with E-state index in [1.165, 1.54) is 16.8 Å². The monoisotopic (exact) mass is 243 g/mol. The molecule has 0 radical (unpaired) electrons. The first-order valence-corrected chi connectivity index (χ1v) is 6.49. The van der Waals surface area contributed by atoms with Gasteiger partial charge in [-0.1, -0.05) is 50.6 Å². The van der Waals surface area contributed by atoms with Crippen LogP contribution in [-0.4, -0.2) is 0 Å². The van der Waals surface area contributed by atoms with Crippen LogP contribution < -0.4 is 5.32 Å². The molecule has 0 aliphatic heterocycles. The maximum atomic E-state index is 3.84. The molecule has 0 atom stereocenters. The van der Waals surface area contributed by atoms with Crippen molar-refractivity contribution >= 4 is 0 Å². The van der Waals surface area contributed by atoms with Crippen molar-refractivity contribution in [3.63, 3.8) is 0 Å². The second-order valence-electron chi connectivity index (χ2n) is 5.98. The minimum atomic E-state index is 0.248. The fraction of sp³-hybridized carbons (Fsp3) is 0.412. The molecule has 1 aliphatic carbocycles. The summed E-state index contributed by atoms with van der Waals surface area (Å²) in [4.78, 5) is 0. The molecule has 0 amide bonds. The van der Waals surface area contributed by atoms with Crippen LogP contribution in [0.25, 0.3) is 0 Å². The van der Waals surface area contributed by atoms with Crippen molar-refractivity contribution < 1.29 is 0 Å². The smallest absolute Gasteiger partial charge is 0.0378 e. The molecule has 0 aromatic carbocycles. The minimum absolute atomic E-state index is 0.248. The number of hydrogen-bond acceptors (Lipinski definition) is 1. The van der Waals surface area contributed by atoms with Crippen molar-refractivity contribution in [2.24, 2.45) is 5.41 Å². The summed E-state index contributed by atoms with van der Waals surface area (Å²) in [6.45, 7) is 14.8. The summed E-state index contributed by atoms with van der Waals surface area (Å²) in [5.74, 6) is 0. The molecule has 18 heavy (non-hydrogen) atoms. The molecule has 0 saturated heterocycles. The summed E-state index contributed by atoms with van der Waals surface area (Å²) in [5, 5.41) is 3.41. The summed E-state index contributed by atoms with van der Waals surface area (Å²) < 4.78 is 0. The Morgan fingerprint density at radius 1 is 1.28 bits per heavy atom. The number of rotatable bonds is 4. The Morgan fingerprint density at radius 2 is 1.94 bits per heavy atom. The van der Waals surface area contributed by atoms with Gasteiger partial charge in [0.1, 0.15) is 0 Å². The van der Waals surface area contributed by atoms with E-state index in [0.717, 1.165) is 12.1 Å². The van der Waals surface area contributed by atoms with Crippen LogP contribution in [0, 0.1) is 5.41 Å². The SMILES string of the molecule is C=C/C(=C\C=C(C)C)NC1=CCC(C(C)(C)C)=C1. The van der Waals surface area contributed by atoms with Gasteiger partial charge in [0.05, 0.1) is 0 Å². The van der Waals surface area contributed by atoms with Crippen molar-refractivity contribution in [3.05, 3.63) is 59.5 Å². The molecule has 1 heteroatoms. The first-order valence-electron chi connectivity index (χ1n) is 6.49. The molecule has 0 saturated carbocycles. The molecule has 1 rings (SSSR count). The highest BCUT2D eigenvalue weighted by Crippen LogP contribution is 2.32. The van der Waals surface area contributed by atoms with E-state index in [9.17, 15) is 0 Å². The Kier molecular flexibility index (Phi) is 4.77. The topological polar surface area (TPSA) is 12.0 Å². The molecule has 1 nitrogen and oxygen atoms in total. The maximum Gasteiger partial charge on any atom is 0.0378 e. The molecular weight excluding hydrogens is 218 g/mol. The Labute approximate surface area is 112 Å². The standard InChI is InChI=1S/C17H25N/c1-7-15(10-8-13(2)3)18-16-11-9-14(12-16)17(4,5)6/h7-8,10-12,18H,1,9H2,2-6H3/b15-10+. The lowest BCUT2D eigenvalue weighted by Gasteiger charge is -2.19. The zero-order valence-corrected chi connectivity index (χ0v) is 12.3. The van der Waals surface area contributed by atoms with Crippen LogP contribution in [0.3, 0.4) is 0 Å². The Bertz CT molecular complexity index is 433. The highest BCUT2D eigenvalue weighted by Gasteiger charge is 2.19. The first-order chi connectivity index (χ1) is 8.32. The van der Waals surface area contributed by atoms with Gasteiger partial charge in [0.2, 0.25) is 0 Å². The molecule has 0 unspecified atom stereocenters. The fourth-order valence-electron chi connectivity index (χ4n) is 1.72. The maximum absolute atomic E-state index is 3.84. The fourth-order valence-corrected chi connectivity index (χ4v) is 1.72. The molecule has 0 heterocycles. The van der Waals surface area contributed by atoms with Gasteiger partial charge in [0.25, 0.3) is 0 Å². The van der Waals surface area contributed by atoms with Gasteiger partial charge < -0.3 is 5.32 Å². The van der Waals surface area contributed by atoms with E-state index in [1.807, 2.05) is 6.08 Å². The Morgan fingerprint density at radius 3 is 2.39 bits per heavy atom. The predicted molar refractivity (Wildman–Crippen MR) is 81.1 cm³/mol. The Hall–Kier alpha value is -1.50. The lowest BCUT2D eigenvalue weighted by atomic mass is 9.86. The van der Waals surface area contributed by atoms with E-state index >= 15 is 0 Å². The van der Waals surface area contributed by atoms with Crippen molar-refractivity contribution in [1.82, 2.24) is 5.32 Å². The molecule has 0 aromatic heterocycles. The minimum Gasteiger partial charge on any atom is -0.356 e. The summed E-state index contributed by atoms with van der Waals surface area (Å²) in [6, 6.07) is 0. The van der Waals surface area contributed by atoms with Gasteiger partial charge in [0.15, 0.2) is 0 Å². The summed E-state index contributed by atoms with van der Waals surface area (Å²) in [5.41, 5.74) is 5.21. The van der Waals surface area contributed by atoms with Crippen LogP contribution >= 0.6 is 0 Å². The number of allylic oxidation sites excluding steroid dienone is 7. The molecular formula is C17H25N. The third-order valence-corrected chi connectivity index (χ3v) is 2.94. The van der Waals surface area contributed by atoms with Crippen molar-refractivity contribution in [2.45, 2.75) is 41.0 Å². The number of hydrogen-bond donors (Lipinski definition) is 1. The lowest BCUT2D eigenvalue weighted by molar-refractivity contribution is 0.496. The largest absolute Gasteiger partial charge is 0.356 e. The van der Waals surface area contributed by atoms with Gasteiger partial charge in [0, 0.05) is 11.4 Å². The zero-order valence-electron chi connectivity index (χ0n) is 12.3. The normalized spacial score (nSPS) is 15.9. The van der Waals surface area contributed by atoms with Gasteiger partial charge in [-0.3, -0.25) is 0 Å². The van der Waals surface area contributed by atoms with Gasteiger partial charge in [-0.15, -0.1) is 0 Å². The molecule has 1 aliphatic rings. The van der Waals surface area contributed by atoms with E-state index < -0.39 is 0 Å². The van der Waals surface area contributed by atoms with Crippen molar-refractivity contribution in [1.29, 1.82) is 0 Å². The van der Waals surface area contributed by atoms with Crippen LogP contribution in [0.2, 0.25) is 0 Å². The van der Waals surface area contributed by atoms with Crippen molar-refractivity contribution in [2.75, 3.05) is 0 Å². The lowest BCUT2D eigenvalue weighted by Crippen LogP contribution is -2.10. The second-order valence-corrected chi connectivity index (χ2v) is 5.98. The zero-order chi connectivity index (χ0) is 13.8. The van der Waals surface area contributed by atoms with Crippen LogP contribution in [0.4, 0.5) is 0 Å². The Balaban J connectivity index is 2.75. The van der Waals surface area contributed by atoms with Gasteiger partial charge >= 0.3 is 0 Å². The quantitative estimate of drug-likeness (QED) is 0.694. The molecule has 0 bridgehead atoms. The second kappa shape index (κ2) is 5.90. The van der Waals surface area contributed by atoms with E-state index in [-0.39, 0.29) is 5.41 Å². The predicted octanol–water partition coefficient (Wildman–Crippen LogP) is 4.87. The molecule has 1 N–H and O–H groups in total. The summed E-state index contributed by atoms with van der Waals surface area (Å²) in [6.07, 6.45) is 11.5. The first kappa shape index (κ1) is 14.6. The van der Waals surface area contributed by atoms with Crippen LogP contribution in [0.5, 0.6) is 0 Å². The van der Waals surface area contributed by atoms with Gasteiger partial charge in [-0.25, -0.2) is 0 Å². The molecule has 0 aromatic rings. The summed E-state index contributed by atoms with van der Waals surface area (Å²) in [7, 11) is 0. The summed E-state index contributed by atoms with van der Waals surface area (Å²) >= 11 is 0. The third-order valence-electron chi connectivity index (χ3n) is 2.94. The number of nitrogens with one attached hydrogen (secondary N) is 1. The van der Waals surface area contributed by atoms with E-state index in [4.69, 9.17) is 0 Å². The average molecular weight is 243 g/mol. The highest BCUT2D eigenvalue weighted by atomic mass is 14.9. The molecule has 0 spiro atoms. The van der Waals surface area contributed by atoms with Crippen molar-refractivity contribution in [3.8, 4) is 0 Å². The highest BCUT2D eigenvalue weighted by molar-refractivity contribution is 5.38. The van der Waals surface area contributed by atoms with Gasteiger partial charge in [-0.05, 0) is 43.9 Å².